The van der Waals surface area contributed by atoms with E-state index in [1.54, 1.807) is 0 Å². The predicted molar refractivity (Wildman–Crippen MR) is 198 cm³/mol. The van der Waals surface area contributed by atoms with Gasteiger partial charge in [0, 0.05) is 47.2 Å². The number of anilines is 3. The fraction of sp³-hybridized carbons (Fsp3) is 0.163. The van der Waals surface area contributed by atoms with Crippen molar-refractivity contribution < 1.29 is 0 Å². The Morgan fingerprint density at radius 2 is 1.35 bits per heavy atom. The quantitative estimate of drug-likeness (QED) is 0.191. The second-order valence-electron chi connectivity index (χ2n) is 13.5. The van der Waals surface area contributed by atoms with Crippen molar-refractivity contribution in [3.8, 4) is 39.5 Å². The second kappa shape index (κ2) is 11.2. The van der Waals surface area contributed by atoms with Gasteiger partial charge in [0.05, 0.1) is 29.0 Å². The average Bonchev–Trinajstić information content (AvgIpc) is 3.71. The zero-order chi connectivity index (χ0) is 33.2. The molecular weight excluding hydrogens is 587 g/mol. The molecule has 0 fully saturated rings. The molecule has 1 aliphatic rings. The van der Waals surface area contributed by atoms with Crippen LogP contribution in [0.4, 0.5) is 17.1 Å². The minimum atomic E-state index is -0.202. The van der Waals surface area contributed by atoms with Crippen LogP contribution in [0.25, 0.3) is 39.5 Å². The van der Waals surface area contributed by atoms with Gasteiger partial charge in [-0.1, -0.05) is 98.3 Å². The monoisotopic (exact) mass is 625 g/mol. The Morgan fingerprint density at radius 1 is 0.646 bits per heavy atom. The summed E-state index contributed by atoms with van der Waals surface area (Å²) in [6, 6.07) is 39.5. The van der Waals surface area contributed by atoms with Crippen LogP contribution in [0.5, 0.6) is 0 Å². The van der Waals surface area contributed by atoms with Crippen LogP contribution in [-0.2, 0) is 12.5 Å². The minimum Gasteiger partial charge on any atom is -0.334 e. The Morgan fingerprint density at radius 3 is 2.10 bits per heavy atom. The first-order valence-electron chi connectivity index (χ1n) is 16.6. The summed E-state index contributed by atoms with van der Waals surface area (Å²) in [5, 5.41) is 5.12. The Balaban J connectivity index is 1.36. The number of para-hydroxylation sites is 1. The maximum absolute atomic E-state index is 5.12. The van der Waals surface area contributed by atoms with Crippen LogP contribution in [0.1, 0.15) is 41.7 Å². The van der Waals surface area contributed by atoms with Crippen molar-refractivity contribution in [2.45, 2.75) is 40.0 Å². The maximum Gasteiger partial charge on any atom is 0.139 e. The van der Waals surface area contributed by atoms with Gasteiger partial charge in [-0.2, -0.15) is 5.10 Å². The molecule has 0 amide bonds. The van der Waals surface area contributed by atoms with Crippen molar-refractivity contribution in [1.82, 2.24) is 19.3 Å². The zero-order valence-corrected chi connectivity index (χ0v) is 28.4. The molecule has 2 aromatic heterocycles. The number of rotatable bonds is 5. The van der Waals surface area contributed by atoms with Gasteiger partial charge in [-0.05, 0) is 78.9 Å². The lowest BCUT2D eigenvalue weighted by Crippen LogP contribution is -2.30. The zero-order valence-electron chi connectivity index (χ0n) is 28.4. The van der Waals surface area contributed by atoms with Crippen molar-refractivity contribution in [3.63, 3.8) is 0 Å². The predicted octanol–water partition coefficient (Wildman–Crippen LogP) is 10.6. The molecule has 0 saturated carbocycles. The molecule has 0 unspecified atom stereocenters. The van der Waals surface area contributed by atoms with Crippen LogP contribution in [0.15, 0.2) is 128 Å². The highest BCUT2D eigenvalue weighted by Gasteiger charge is 2.37. The van der Waals surface area contributed by atoms with E-state index in [0.717, 1.165) is 45.3 Å². The fourth-order valence-electron chi connectivity index (χ4n) is 7.75. The van der Waals surface area contributed by atoms with Gasteiger partial charge >= 0.3 is 0 Å². The lowest BCUT2D eigenvalue weighted by molar-refractivity contribution is 0.631. The summed E-state index contributed by atoms with van der Waals surface area (Å²) >= 11 is 0. The molecule has 5 heteroatoms. The Labute approximate surface area is 282 Å². The standard InChI is InChI=1S/C43H39N5/c1-28-23-29(2)40(30(3)24-28)35-27-45-48(41(35)31-13-8-7-9-14-31)34-19-20-37-39(26-34)47(38-18-11-10-17-36(38)43(37,4)5)33-16-12-15-32(25-33)42-44-21-22-46(42)6/h7-27H,1-6H3. The summed E-state index contributed by atoms with van der Waals surface area (Å²) in [5.41, 5.74) is 16.3. The number of hydrogen-bond acceptors (Lipinski definition) is 3. The van der Waals surface area contributed by atoms with Gasteiger partial charge in [-0.3, -0.25) is 0 Å². The fourth-order valence-corrected chi connectivity index (χ4v) is 7.75. The number of imidazole rings is 1. The third-order valence-corrected chi connectivity index (χ3v) is 9.90. The topological polar surface area (TPSA) is 38.9 Å². The summed E-state index contributed by atoms with van der Waals surface area (Å²) in [7, 11) is 2.04. The van der Waals surface area contributed by atoms with E-state index in [0.29, 0.717) is 0 Å². The van der Waals surface area contributed by atoms with Gasteiger partial charge in [0.1, 0.15) is 5.82 Å². The normalized spacial score (nSPS) is 13.3. The van der Waals surface area contributed by atoms with Crippen molar-refractivity contribution in [2.24, 2.45) is 7.05 Å². The van der Waals surface area contributed by atoms with E-state index in [2.05, 4.69) is 163 Å². The molecule has 0 N–H and O–H groups in total. The van der Waals surface area contributed by atoms with Crippen LogP contribution in [-0.4, -0.2) is 19.3 Å². The van der Waals surface area contributed by atoms with E-state index < -0.39 is 0 Å². The summed E-state index contributed by atoms with van der Waals surface area (Å²) in [6.45, 7) is 11.2. The minimum absolute atomic E-state index is 0.202. The smallest absolute Gasteiger partial charge is 0.139 e. The van der Waals surface area contributed by atoms with E-state index in [9.17, 15) is 0 Å². The molecule has 5 aromatic carbocycles. The largest absolute Gasteiger partial charge is 0.334 e. The first-order valence-corrected chi connectivity index (χ1v) is 16.6. The molecule has 0 bridgehead atoms. The lowest BCUT2D eigenvalue weighted by atomic mass is 9.73. The summed E-state index contributed by atoms with van der Waals surface area (Å²) in [4.78, 5) is 7.06. The van der Waals surface area contributed by atoms with E-state index in [-0.39, 0.29) is 5.41 Å². The molecule has 5 nitrogen and oxygen atoms in total. The first-order chi connectivity index (χ1) is 23.2. The third-order valence-electron chi connectivity index (χ3n) is 9.90. The molecule has 0 radical (unpaired) electrons. The maximum atomic E-state index is 5.12. The number of hydrogen-bond donors (Lipinski definition) is 0. The molecule has 1 aliphatic heterocycles. The average molecular weight is 626 g/mol. The van der Waals surface area contributed by atoms with Crippen LogP contribution in [0, 0.1) is 20.8 Å². The Kier molecular flexibility index (Phi) is 6.95. The summed E-state index contributed by atoms with van der Waals surface area (Å²) in [5.74, 6) is 0.940. The molecule has 236 valence electrons. The number of aryl methyl sites for hydroxylation is 4. The summed E-state index contributed by atoms with van der Waals surface area (Å²) in [6.07, 6.45) is 5.88. The van der Waals surface area contributed by atoms with Gasteiger partial charge in [-0.15, -0.1) is 0 Å². The van der Waals surface area contributed by atoms with Crippen LogP contribution >= 0.6 is 0 Å². The van der Waals surface area contributed by atoms with Crippen LogP contribution in [0.2, 0.25) is 0 Å². The van der Waals surface area contributed by atoms with Crippen molar-refractivity contribution in [2.75, 3.05) is 4.90 Å². The molecule has 0 aliphatic carbocycles. The number of aromatic nitrogens is 4. The highest BCUT2D eigenvalue weighted by Crippen LogP contribution is 2.52. The molecule has 3 heterocycles. The molecular formula is C43H39N5. The van der Waals surface area contributed by atoms with E-state index in [4.69, 9.17) is 5.10 Å². The van der Waals surface area contributed by atoms with Gasteiger partial charge in [0.25, 0.3) is 0 Å². The van der Waals surface area contributed by atoms with E-state index in [1.807, 2.05) is 25.6 Å². The Hall–Kier alpha value is -5.68. The van der Waals surface area contributed by atoms with Crippen LogP contribution < -0.4 is 4.90 Å². The van der Waals surface area contributed by atoms with Gasteiger partial charge in [-0.25, -0.2) is 9.67 Å². The van der Waals surface area contributed by atoms with E-state index >= 15 is 0 Å². The van der Waals surface area contributed by atoms with Gasteiger partial charge in [0.2, 0.25) is 0 Å². The molecule has 0 atom stereocenters. The molecule has 0 spiro atoms. The van der Waals surface area contributed by atoms with Crippen molar-refractivity contribution in [1.29, 1.82) is 0 Å². The van der Waals surface area contributed by atoms with Gasteiger partial charge in [0.15, 0.2) is 0 Å². The number of fused-ring (bicyclic) bond motifs is 2. The highest BCUT2D eigenvalue weighted by atomic mass is 15.3. The lowest BCUT2D eigenvalue weighted by Gasteiger charge is -2.42. The van der Waals surface area contributed by atoms with Crippen molar-refractivity contribution >= 4 is 17.1 Å². The third kappa shape index (κ3) is 4.69. The molecule has 48 heavy (non-hydrogen) atoms. The number of benzene rings is 5. The first kappa shape index (κ1) is 29.7. The Bertz CT molecular complexity index is 2300. The number of nitrogens with zero attached hydrogens (tertiary/aromatic N) is 5. The molecule has 7 aromatic rings. The van der Waals surface area contributed by atoms with Crippen LogP contribution in [0.3, 0.4) is 0 Å². The second-order valence-corrected chi connectivity index (χ2v) is 13.5. The molecule has 8 rings (SSSR count). The summed E-state index contributed by atoms with van der Waals surface area (Å²) < 4.78 is 4.19. The molecule has 0 saturated heterocycles. The highest BCUT2D eigenvalue weighted by molar-refractivity contribution is 5.89. The van der Waals surface area contributed by atoms with E-state index in [1.165, 1.54) is 39.1 Å². The van der Waals surface area contributed by atoms with Gasteiger partial charge < -0.3 is 9.47 Å². The SMILES string of the molecule is Cc1cc(C)c(-c2cnn(-c3ccc4c(c3)N(c3cccc(-c5nccn5C)c3)c3ccccc3C4(C)C)c2-c2ccccc2)c(C)c1. The van der Waals surface area contributed by atoms with Crippen molar-refractivity contribution in [3.05, 3.63) is 156 Å².